The Morgan fingerprint density at radius 2 is 1.75 bits per heavy atom. The number of aliphatic imine (C=N–C) groups is 1. The topological polar surface area (TPSA) is 33.6 Å². The van der Waals surface area contributed by atoms with E-state index in [1.165, 1.54) is 19.2 Å². The van der Waals surface area contributed by atoms with E-state index in [4.69, 9.17) is 4.74 Å². The highest BCUT2D eigenvalue weighted by molar-refractivity contribution is 5.91. The number of halogens is 3. The van der Waals surface area contributed by atoms with Gasteiger partial charge in [0.05, 0.1) is 12.7 Å². The predicted molar refractivity (Wildman–Crippen MR) is 128 cm³/mol. The first kappa shape index (κ1) is 25.0. The molecule has 0 saturated heterocycles. The van der Waals surface area contributed by atoms with Gasteiger partial charge in [0, 0.05) is 37.0 Å². The number of aryl methyl sites for hydroxylation is 1. The number of nitrogens with zero attached hydrogens (tertiary/aromatic N) is 1. The van der Waals surface area contributed by atoms with Crippen LogP contribution in [0.4, 0.5) is 13.2 Å². The molecule has 1 atom stereocenters. The van der Waals surface area contributed by atoms with Gasteiger partial charge in [0.25, 0.3) is 0 Å². The predicted octanol–water partition coefficient (Wildman–Crippen LogP) is 6.91. The van der Waals surface area contributed by atoms with Crippen LogP contribution in [0.1, 0.15) is 38.9 Å². The van der Waals surface area contributed by atoms with Crippen molar-refractivity contribution < 1.29 is 19.3 Å². The largest absolute Gasteiger partial charge is 0.496 e. The van der Waals surface area contributed by atoms with Crippen molar-refractivity contribution in [3.8, 4) is 0 Å². The van der Waals surface area contributed by atoms with Crippen LogP contribution in [0.15, 0.2) is 65.3 Å². The highest BCUT2D eigenvalue weighted by Crippen LogP contribution is 2.39. The van der Waals surface area contributed by atoms with Gasteiger partial charge in [0.2, 0.25) is 0 Å². The minimum absolute atomic E-state index is 0. The summed E-state index contributed by atoms with van der Waals surface area (Å²) < 4.78 is 48.5. The average Bonchev–Trinajstić information content (AvgIpc) is 2.79. The lowest BCUT2D eigenvalue weighted by atomic mass is 9.83. The van der Waals surface area contributed by atoms with Crippen LogP contribution in [0, 0.1) is 30.3 Å². The lowest BCUT2D eigenvalue weighted by molar-refractivity contribution is 0.362. The van der Waals surface area contributed by atoms with E-state index >= 15 is 0 Å². The van der Waals surface area contributed by atoms with Crippen molar-refractivity contribution in [3.05, 3.63) is 94.5 Å². The molecule has 0 aliphatic carbocycles. The summed E-state index contributed by atoms with van der Waals surface area (Å²) in [5.41, 5.74) is 2.73. The molecular formula is C26H31F3N2O. The van der Waals surface area contributed by atoms with Crippen LogP contribution in [0.5, 0.6) is 0 Å². The number of hydrogen-bond donors (Lipinski definition) is 1. The fraction of sp³-hybridized carbons (Fsp3) is 0.269. The van der Waals surface area contributed by atoms with Crippen molar-refractivity contribution in [3.63, 3.8) is 0 Å². The van der Waals surface area contributed by atoms with Crippen molar-refractivity contribution in [2.24, 2.45) is 10.9 Å². The smallest absolute Gasteiger partial charge is 0.137 e. The van der Waals surface area contributed by atoms with E-state index in [1.54, 1.807) is 31.5 Å². The summed E-state index contributed by atoms with van der Waals surface area (Å²) in [7, 11) is 1.39. The molecule has 1 heterocycles. The summed E-state index contributed by atoms with van der Waals surface area (Å²) in [5.74, 6) is -2.13. The Kier molecular flexibility index (Phi) is 8.88. The third-order valence-electron chi connectivity index (χ3n) is 5.02. The van der Waals surface area contributed by atoms with Crippen LogP contribution in [0.3, 0.4) is 0 Å². The van der Waals surface area contributed by atoms with Crippen molar-refractivity contribution in [2.75, 3.05) is 13.8 Å². The molecule has 172 valence electrons. The summed E-state index contributed by atoms with van der Waals surface area (Å²) in [4.78, 5) is 4.22. The van der Waals surface area contributed by atoms with Crippen LogP contribution in [0.2, 0.25) is 0 Å². The molecule has 1 aliphatic heterocycles. The van der Waals surface area contributed by atoms with Gasteiger partial charge in [-0.1, -0.05) is 39.5 Å². The van der Waals surface area contributed by atoms with Gasteiger partial charge in [0.15, 0.2) is 0 Å². The summed E-state index contributed by atoms with van der Waals surface area (Å²) >= 11 is 0. The number of benzene rings is 2. The Balaban J connectivity index is 0.00000177. The SMILES string of the molecule is C=C(/C(=C(\OC)c1ccc(F)cc1F)C(C)C1=CNCN=C1)c1ccc(C)cc1F.CC.[HH]. The third kappa shape index (κ3) is 5.49. The molecule has 0 radical (unpaired) electrons. The molecule has 6 heteroatoms. The molecule has 32 heavy (non-hydrogen) atoms. The fourth-order valence-corrected chi connectivity index (χ4v) is 3.45. The lowest BCUT2D eigenvalue weighted by Crippen LogP contribution is -2.18. The number of allylic oxidation sites excluding steroid dienone is 3. The van der Waals surface area contributed by atoms with Crippen LogP contribution >= 0.6 is 0 Å². The van der Waals surface area contributed by atoms with E-state index < -0.39 is 17.5 Å². The summed E-state index contributed by atoms with van der Waals surface area (Å²) in [6, 6.07) is 8.06. The van der Waals surface area contributed by atoms with Crippen LogP contribution < -0.4 is 5.32 Å². The van der Waals surface area contributed by atoms with Gasteiger partial charge in [-0.2, -0.15) is 0 Å². The van der Waals surface area contributed by atoms with Gasteiger partial charge in [-0.05, 0) is 41.8 Å². The van der Waals surface area contributed by atoms with E-state index in [1.807, 2.05) is 20.8 Å². The highest BCUT2D eigenvalue weighted by atomic mass is 19.1. The third-order valence-corrected chi connectivity index (χ3v) is 5.02. The van der Waals surface area contributed by atoms with Gasteiger partial charge in [-0.15, -0.1) is 0 Å². The molecule has 3 rings (SSSR count). The zero-order valence-electron chi connectivity index (χ0n) is 19.1. The molecule has 0 spiro atoms. The molecule has 1 aliphatic rings. The maximum Gasteiger partial charge on any atom is 0.137 e. The summed E-state index contributed by atoms with van der Waals surface area (Å²) in [6.07, 6.45) is 3.50. The van der Waals surface area contributed by atoms with Crippen molar-refractivity contribution in [2.45, 2.75) is 27.7 Å². The summed E-state index contributed by atoms with van der Waals surface area (Å²) in [6.45, 7) is 12.2. The Bertz CT molecular complexity index is 1080. The quantitative estimate of drug-likeness (QED) is 0.388. The Labute approximate surface area is 189 Å². The van der Waals surface area contributed by atoms with Crippen molar-refractivity contribution >= 4 is 17.5 Å². The van der Waals surface area contributed by atoms with Gasteiger partial charge in [-0.3, -0.25) is 4.99 Å². The zero-order chi connectivity index (χ0) is 23.8. The molecule has 3 nitrogen and oxygen atoms in total. The number of nitrogens with one attached hydrogen (secondary N) is 1. The average molecular weight is 445 g/mol. The second-order valence-electron chi connectivity index (χ2n) is 7.07. The lowest BCUT2D eigenvalue weighted by Gasteiger charge is -2.25. The molecule has 0 aromatic heterocycles. The van der Waals surface area contributed by atoms with Crippen LogP contribution in [-0.2, 0) is 4.74 Å². The molecule has 1 unspecified atom stereocenters. The second kappa shape index (κ2) is 11.4. The fourth-order valence-electron chi connectivity index (χ4n) is 3.45. The monoisotopic (exact) mass is 444 g/mol. The Morgan fingerprint density at radius 1 is 1.09 bits per heavy atom. The van der Waals surface area contributed by atoms with Crippen LogP contribution in [-0.4, -0.2) is 20.0 Å². The Hall–Kier alpha value is -3.28. The molecule has 0 saturated carbocycles. The number of rotatable bonds is 6. The normalized spacial score (nSPS) is 14.3. The van der Waals surface area contributed by atoms with Gasteiger partial charge >= 0.3 is 0 Å². The van der Waals surface area contributed by atoms with Gasteiger partial charge < -0.3 is 10.1 Å². The van der Waals surface area contributed by atoms with E-state index in [9.17, 15) is 13.2 Å². The van der Waals surface area contributed by atoms with E-state index in [-0.39, 0.29) is 24.2 Å². The minimum Gasteiger partial charge on any atom is -0.496 e. The van der Waals surface area contributed by atoms with Crippen LogP contribution in [0.25, 0.3) is 11.3 Å². The summed E-state index contributed by atoms with van der Waals surface area (Å²) in [5, 5.41) is 3.03. The number of methoxy groups -OCH3 is 1. The van der Waals surface area contributed by atoms with Gasteiger partial charge in [-0.25, -0.2) is 13.2 Å². The standard InChI is InChI=1S/C24H23F3N2O.C2H6.H2/c1-14-5-7-19(21(26)9-14)16(3)23(15(2)17-11-28-13-29-12-17)24(30-4)20-8-6-18(25)10-22(20)27;1-2;/h5-12,15,28H,3,13H2,1-2,4H3;1-2H3;1H/b24-23-;;. The van der Waals surface area contributed by atoms with Crippen molar-refractivity contribution in [1.82, 2.24) is 5.32 Å². The maximum absolute atomic E-state index is 14.8. The second-order valence-corrected chi connectivity index (χ2v) is 7.07. The minimum atomic E-state index is -0.779. The molecule has 2 aromatic carbocycles. The zero-order valence-corrected chi connectivity index (χ0v) is 19.1. The first-order chi connectivity index (χ1) is 15.3. The maximum atomic E-state index is 14.8. The Morgan fingerprint density at radius 3 is 2.31 bits per heavy atom. The van der Waals surface area contributed by atoms with Crippen molar-refractivity contribution in [1.29, 1.82) is 0 Å². The molecule has 2 aromatic rings. The molecule has 0 bridgehead atoms. The molecule has 0 fully saturated rings. The first-order valence-corrected chi connectivity index (χ1v) is 10.5. The van der Waals surface area contributed by atoms with E-state index in [2.05, 4.69) is 16.9 Å². The van der Waals surface area contributed by atoms with E-state index in [0.29, 0.717) is 17.8 Å². The number of hydrogen-bond acceptors (Lipinski definition) is 3. The van der Waals surface area contributed by atoms with E-state index in [0.717, 1.165) is 23.3 Å². The molecular weight excluding hydrogens is 413 g/mol. The highest BCUT2D eigenvalue weighted by Gasteiger charge is 2.26. The molecule has 0 amide bonds. The number of ether oxygens (including phenoxy) is 1. The van der Waals surface area contributed by atoms with Gasteiger partial charge in [0.1, 0.15) is 29.9 Å². The first-order valence-electron chi connectivity index (χ1n) is 10.5. The molecule has 1 N–H and O–H groups in total.